The minimum atomic E-state index is -4.52. The fourth-order valence-corrected chi connectivity index (χ4v) is 5.21. The van der Waals surface area contributed by atoms with E-state index in [2.05, 4.69) is 42.3 Å². The van der Waals surface area contributed by atoms with E-state index in [0.717, 1.165) is 25.1 Å². The van der Waals surface area contributed by atoms with Crippen LogP contribution in [-0.2, 0) is 13.0 Å². The van der Waals surface area contributed by atoms with Gasteiger partial charge in [-0.05, 0) is 42.7 Å². The summed E-state index contributed by atoms with van der Waals surface area (Å²) in [4.78, 5) is 20.6. The van der Waals surface area contributed by atoms with Crippen LogP contribution >= 0.6 is 11.8 Å². The van der Waals surface area contributed by atoms with Gasteiger partial charge in [0.1, 0.15) is 16.5 Å². The summed E-state index contributed by atoms with van der Waals surface area (Å²) in [6.45, 7) is 0.920. The van der Waals surface area contributed by atoms with Gasteiger partial charge in [-0.15, -0.1) is 0 Å². The number of benzene rings is 1. The smallest absolute Gasteiger partial charge is 0.447 e. The molecular formula is C27H26F3N7O2S. The molecule has 9 nitrogen and oxygen atoms in total. The third kappa shape index (κ3) is 5.96. The maximum Gasteiger partial charge on any atom is 0.447 e. The lowest BCUT2D eigenvalue weighted by Gasteiger charge is -2.25. The quantitative estimate of drug-likeness (QED) is 0.224. The van der Waals surface area contributed by atoms with Crippen molar-refractivity contribution in [3.63, 3.8) is 0 Å². The number of hydrogen-bond donors (Lipinski definition) is 3. The van der Waals surface area contributed by atoms with Crippen molar-refractivity contribution in [2.75, 3.05) is 31.3 Å². The van der Waals surface area contributed by atoms with Gasteiger partial charge in [-0.1, -0.05) is 5.92 Å². The van der Waals surface area contributed by atoms with E-state index in [4.69, 9.17) is 4.74 Å². The SMILES string of the molecule is CNC(=O)c1ccc(NCC#Cc2nc3c(N[C@@H]4CCn5cncc5C4)cccn3c2SC(F)(F)F)c(OC)c1. The first-order valence-corrected chi connectivity index (χ1v) is 13.2. The summed E-state index contributed by atoms with van der Waals surface area (Å²) < 4.78 is 49.4. The molecule has 4 heterocycles. The maximum absolute atomic E-state index is 13.5. The van der Waals surface area contributed by atoms with Gasteiger partial charge in [0.2, 0.25) is 0 Å². The average Bonchev–Trinajstić information content (AvgIpc) is 3.54. The molecule has 0 radical (unpaired) electrons. The Morgan fingerprint density at radius 2 is 2.12 bits per heavy atom. The highest BCUT2D eigenvalue weighted by Crippen LogP contribution is 2.39. The number of carbonyl (C=O) groups excluding carboxylic acids is 1. The number of hydrogen-bond acceptors (Lipinski definition) is 7. The maximum atomic E-state index is 13.5. The van der Waals surface area contributed by atoms with Crippen LogP contribution in [0.2, 0.25) is 0 Å². The number of rotatable bonds is 7. The molecule has 0 aliphatic carbocycles. The molecule has 3 N–H and O–H groups in total. The second kappa shape index (κ2) is 11.4. The molecule has 208 valence electrons. The molecule has 0 unspecified atom stereocenters. The van der Waals surface area contributed by atoms with Crippen molar-refractivity contribution in [2.24, 2.45) is 0 Å². The van der Waals surface area contributed by atoms with Gasteiger partial charge < -0.3 is 25.3 Å². The minimum Gasteiger partial charge on any atom is -0.495 e. The number of anilines is 2. The van der Waals surface area contributed by atoms with Gasteiger partial charge in [-0.25, -0.2) is 9.97 Å². The summed E-state index contributed by atoms with van der Waals surface area (Å²) >= 11 is -0.243. The first kappa shape index (κ1) is 27.3. The summed E-state index contributed by atoms with van der Waals surface area (Å²) in [5, 5.41) is 8.98. The Hall–Kier alpha value is -4.31. The zero-order chi connectivity index (χ0) is 28.3. The van der Waals surface area contributed by atoms with E-state index >= 15 is 0 Å². The molecule has 1 atom stereocenters. The van der Waals surface area contributed by atoms with Crippen molar-refractivity contribution in [2.45, 2.75) is 36.0 Å². The van der Waals surface area contributed by atoms with E-state index in [9.17, 15) is 18.0 Å². The van der Waals surface area contributed by atoms with Crippen molar-refractivity contribution in [1.29, 1.82) is 0 Å². The van der Waals surface area contributed by atoms with E-state index < -0.39 is 5.51 Å². The molecule has 40 heavy (non-hydrogen) atoms. The molecule has 4 aromatic rings. The van der Waals surface area contributed by atoms with Crippen molar-refractivity contribution in [3.8, 4) is 17.6 Å². The van der Waals surface area contributed by atoms with Crippen LogP contribution in [0.3, 0.4) is 0 Å². The van der Waals surface area contributed by atoms with Gasteiger partial charge in [0.25, 0.3) is 5.91 Å². The number of alkyl halides is 3. The number of nitrogens with one attached hydrogen (secondary N) is 3. The Balaban J connectivity index is 1.39. The number of imidazole rings is 2. The highest BCUT2D eigenvalue weighted by molar-refractivity contribution is 8.00. The normalized spacial score (nSPS) is 14.7. The molecule has 1 amide bonds. The van der Waals surface area contributed by atoms with Gasteiger partial charge in [0.15, 0.2) is 5.65 Å². The summed E-state index contributed by atoms with van der Waals surface area (Å²) in [5.74, 6) is 5.85. The van der Waals surface area contributed by atoms with E-state index in [1.807, 2.05) is 12.3 Å². The van der Waals surface area contributed by atoms with Crippen LogP contribution in [0.1, 0.15) is 28.2 Å². The molecule has 0 spiro atoms. The Morgan fingerprint density at radius 1 is 1.27 bits per heavy atom. The van der Waals surface area contributed by atoms with Crippen LogP contribution < -0.4 is 20.7 Å². The van der Waals surface area contributed by atoms with Crippen molar-refractivity contribution in [3.05, 3.63) is 66.0 Å². The van der Waals surface area contributed by atoms with Gasteiger partial charge in [-0.2, -0.15) is 13.2 Å². The number of aryl methyl sites for hydroxylation is 1. The van der Waals surface area contributed by atoms with Gasteiger partial charge >= 0.3 is 5.51 Å². The van der Waals surface area contributed by atoms with Crippen molar-refractivity contribution in [1.82, 2.24) is 24.3 Å². The van der Waals surface area contributed by atoms with Crippen LogP contribution in [0.5, 0.6) is 5.75 Å². The van der Waals surface area contributed by atoms with Gasteiger partial charge in [-0.3, -0.25) is 9.20 Å². The van der Waals surface area contributed by atoms with Crippen molar-refractivity contribution < 1.29 is 22.7 Å². The van der Waals surface area contributed by atoms with Crippen LogP contribution in [0, 0.1) is 11.8 Å². The number of fused-ring (bicyclic) bond motifs is 2. The van der Waals surface area contributed by atoms with Crippen molar-refractivity contribution >= 4 is 34.7 Å². The molecule has 5 rings (SSSR count). The Morgan fingerprint density at radius 3 is 2.90 bits per heavy atom. The lowest BCUT2D eigenvalue weighted by atomic mass is 10.0. The zero-order valence-electron chi connectivity index (χ0n) is 21.7. The molecule has 1 aliphatic heterocycles. The minimum absolute atomic E-state index is 0.0297. The fraction of sp³-hybridized carbons (Fsp3) is 0.296. The second-order valence-corrected chi connectivity index (χ2v) is 10.0. The van der Waals surface area contributed by atoms with Gasteiger partial charge in [0, 0.05) is 61.5 Å². The van der Waals surface area contributed by atoms with Crippen LogP contribution in [0.4, 0.5) is 24.5 Å². The molecule has 1 aromatic carbocycles. The van der Waals surface area contributed by atoms with E-state index in [1.54, 1.807) is 36.8 Å². The van der Waals surface area contributed by atoms with Crippen LogP contribution in [0.25, 0.3) is 5.65 Å². The van der Waals surface area contributed by atoms with E-state index in [1.165, 1.54) is 18.6 Å². The summed E-state index contributed by atoms with van der Waals surface area (Å²) in [6, 6.07) is 8.49. The number of pyridine rings is 1. The largest absolute Gasteiger partial charge is 0.495 e. The molecule has 13 heteroatoms. The predicted octanol–water partition coefficient (Wildman–Crippen LogP) is 4.40. The Bertz CT molecular complexity index is 1600. The molecule has 0 fully saturated rings. The molecule has 3 aromatic heterocycles. The zero-order valence-corrected chi connectivity index (χ0v) is 22.5. The van der Waals surface area contributed by atoms with E-state index in [-0.39, 0.29) is 41.0 Å². The Kier molecular flexibility index (Phi) is 7.79. The number of carbonyl (C=O) groups is 1. The first-order valence-electron chi connectivity index (χ1n) is 12.4. The summed E-state index contributed by atoms with van der Waals surface area (Å²) in [5.41, 5.74) is -1.36. The molecular weight excluding hydrogens is 543 g/mol. The lowest BCUT2D eigenvalue weighted by Crippen LogP contribution is -2.29. The summed E-state index contributed by atoms with van der Waals surface area (Å²) in [6.07, 6.45) is 6.78. The lowest BCUT2D eigenvalue weighted by molar-refractivity contribution is -0.0330. The topological polar surface area (TPSA) is 97.5 Å². The average molecular weight is 570 g/mol. The summed E-state index contributed by atoms with van der Waals surface area (Å²) in [7, 11) is 3.01. The van der Waals surface area contributed by atoms with E-state index in [0.29, 0.717) is 28.3 Å². The molecule has 0 saturated heterocycles. The standard InChI is InChI=1S/C27H26F3N7O2S/c1-31-25(38)17-7-8-20(23(13-17)39-2)33-10-3-5-22-26(40-27(28,29)30)37-11-4-6-21(24(37)35-22)34-18-9-12-36-16-32-15-19(36)14-18/h4,6-8,11,13,15-16,18,33-34H,9-10,12,14H2,1-2H3,(H,31,38)/t18-/m1/s1. The fourth-order valence-electron chi connectivity index (χ4n) is 4.55. The number of methoxy groups -OCH3 is 1. The Labute approximate surface area is 232 Å². The molecule has 1 aliphatic rings. The third-order valence-electron chi connectivity index (χ3n) is 6.42. The second-order valence-electron chi connectivity index (χ2n) is 8.99. The number of halogens is 3. The van der Waals surface area contributed by atoms with Crippen LogP contribution in [-0.4, -0.2) is 57.1 Å². The number of thioether (sulfide) groups is 1. The first-order chi connectivity index (χ1) is 19.3. The third-order valence-corrected chi connectivity index (χ3v) is 7.23. The number of ether oxygens (including phenoxy) is 1. The number of aromatic nitrogens is 4. The van der Waals surface area contributed by atoms with Crippen LogP contribution in [0.15, 0.2) is 54.1 Å². The highest BCUT2D eigenvalue weighted by atomic mass is 32.2. The molecule has 0 saturated carbocycles. The predicted molar refractivity (Wildman–Crippen MR) is 147 cm³/mol. The number of amides is 1. The van der Waals surface area contributed by atoms with Gasteiger partial charge in [0.05, 0.1) is 31.4 Å². The number of nitrogens with zero attached hydrogens (tertiary/aromatic N) is 4. The highest BCUT2D eigenvalue weighted by Gasteiger charge is 2.33. The monoisotopic (exact) mass is 569 g/mol. The molecule has 0 bridgehead atoms.